The summed E-state index contributed by atoms with van der Waals surface area (Å²) in [6, 6.07) is 17.0. The van der Waals surface area contributed by atoms with E-state index in [2.05, 4.69) is 11.4 Å². The number of amides is 2. The summed E-state index contributed by atoms with van der Waals surface area (Å²) in [4.78, 5) is 27.3. The first-order valence-electron chi connectivity index (χ1n) is 9.93. The summed E-state index contributed by atoms with van der Waals surface area (Å²) in [7, 11) is 0. The fraction of sp³-hybridized carbons (Fsp3) is 0.391. The standard InChI is InChI=1S/C23H28N2O3/c1-17(2)22(23(27)25-15-14-18-9-6-7-12-20(18)25)24-21(26)13-8-16-28-19-10-4-3-5-11-19/h3-7,9-12,17,22H,8,13-16H2,1-2H3,(H,24,26)/t22-/m1/s1. The summed E-state index contributed by atoms with van der Waals surface area (Å²) in [5.41, 5.74) is 2.14. The van der Waals surface area contributed by atoms with E-state index < -0.39 is 6.04 Å². The molecule has 0 saturated heterocycles. The minimum atomic E-state index is -0.520. The molecule has 0 saturated carbocycles. The Morgan fingerprint density at radius 3 is 2.54 bits per heavy atom. The maximum Gasteiger partial charge on any atom is 0.249 e. The zero-order chi connectivity index (χ0) is 19.9. The molecule has 0 aliphatic carbocycles. The molecular formula is C23H28N2O3. The number of ether oxygens (including phenoxy) is 1. The molecule has 1 aliphatic rings. The smallest absolute Gasteiger partial charge is 0.249 e. The Hall–Kier alpha value is -2.82. The second-order valence-electron chi connectivity index (χ2n) is 7.42. The van der Waals surface area contributed by atoms with Crippen molar-refractivity contribution in [3.8, 4) is 5.75 Å². The summed E-state index contributed by atoms with van der Waals surface area (Å²) in [6.07, 6.45) is 1.80. The van der Waals surface area contributed by atoms with E-state index in [1.54, 1.807) is 4.90 Å². The van der Waals surface area contributed by atoms with E-state index >= 15 is 0 Å². The molecule has 1 atom stereocenters. The Labute approximate surface area is 166 Å². The summed E-state index contributed by atoms with van der Waals surface area (Å²) < 4.78 is 5.62. The third-order valence-corrected chi connectivity index (χ3v) is 4.96. The zero-order valence-electron chi connectivity index (χ0n) is 16.6. The summed E-state index contributed by atoms with van der Waals surface area (Å²) >= 11 is 0. The maximum atomic E-state index is 13.1. The largest absolute Gasteiger partial charge is 0.494 e. The van der Waals surface area contributed by atoms with E-state index in [0.717, 1.165) is 17.9 Å². The number of nitrogens with one attached hydrogen (secondary N) is 1. The predicted octanol–water partition coefficient (Wildman–Crippen LogP) is 3.58. The molecule has 2 amide bonds. The lowest BCUT2D eigenvalue weighted by atomic mass is 10.0. The number of rotatable bonds is 8. The Morgan fingerprint density at radius 1 is 1.07 bits per heavy atom. The van der Waals surface area contributed by atoms with Crippen LogP contribution in [0.4, 0.5) is 5.69 Å². The van der Waals surface area contributed by atoms with Gasteiger partial charge >= 0.3 is 0 Å². The monoisotopic (exact) mass is 380 g/mol. The van der Waals surface area contributed by atoms with Crippen molar-refractivity contribution in [2.75, 3.05) is 18.1 Å². The van der Waals surface area contributed by atoms with Crippen LogP contribution in [0.3, 0.4) is 0 Å². The summed E-state index contributed by atoms with van der Waals surface area (Å²) in [6.45, 7) is 5.06. The van der Waals surface area contributed by atoms with E-state index in [-0.39, 0.29) is 17.7 Å². The van der Waals surface area contributed by atoms with Crippen molar-refractivity contribution in [2.45, 2.75) is 39.2 Å². The van der Waals surface area contributed by atoms with Gasteiger partial charge in [-0.1, -0.05) is 50.2 Å². The van der Waals surface area contributed by atoms with E-state index in [9.17, 15) is 9.59 Å². The van der Waals surface area contributed by atoms with Gasteiger partial charge in [0.25, 0.3) is 0 Å². The van der Waals surface area contributed by atoms with Crippen molar-refractivity contribution in [1.29, 1.82) is 0 Å². The molecule has 1 heterocycles. The van der Waals surface area contributed by atoms with Crippen molar-refractivity contribution in [3.05, 3.63) is 60.2 Å². The quantitative estimate of drug-likeness (QED) is 0.712. The number of fused-ring (bicyclic) bond motifs is 1. The van der Waals surface area contributed by atoms with Gasteiger partial charge in [-0.25, -0.2) is 0 Å². The maximum absolute atomic E-state index is 13.1. The minimum absolute atomic E-state index is 0.0183. The number of anilines is 1. The van der Waals surface area contributed by atoms with Gasteiger partial charge in [0, 0.05) is 18.7 Å². The van der Waals surface area contributed by atoms with Gasteiger partial charge in [-0.2, -0.15) is 0 Å². The molecule has 2 aromatic rings. The van der Waals surface area contributed by atoms with Gasteiger partial charge in [0.15, 0.2) is 0 Å². The average Bonchev–Trinajstić information content (AvgIpc) is 3.14. The van der Waals surface area contributed by atoms with E-state index in [4.69, 9.17) is 4.74 Å². The summed E-state index contributed by atoms with van der Waals surface area (Å²) in [5.74, 6) is 0.667. The molecule has 148 valence electrons. The molecular weight excluding hydrogens is 352 g/mol. The SMILES string of the molecule is CC(C)[C@@H](NC(=O)CCCOc1ccccc1)C(=O)N1CCc2ccccc21. The molecule has 1 aliphatic heterocycles. The van der Waals surface area contributed by atoms with Crippen LogP contribution in [0.15, 0.2) is 54.6 Å². The molecule has 0 aromatic heterocycles. The molecule has 2 aromatic carbocycles. The van der Waals surface area contributed by atoms with Crippen LogP contribution in [-0.2, 0) is 16.0 Å². The number of benzene rings is 2. The molecule has 0 bridgehead atoms. The highest BCUT2D eigenvalue weighted by molar-refractivity contribution is 6.00. The lowest BCUT2D eigenvalue weighted by Crippen LogP contribution is -2.51. The van der Waals surface area contributed by atoms with Gasteiger partial charge in [0.1, 0.15) is 11.8 Å². The number of carbonyl (C=O) groups is 2. The molecule has 0 fully saturated rings. The van der Waals surface area contributed by atoms with Crippen LogP contribution < -0.4 is 15.0 Å². The van der Waals surface area contributed by atoms with Crippen LogP contribution in [0.2, 0.25) is 0 Å². The van der Waals surface area contributed by atoms with Gasteiger partial charge in [-0.3, -0.25) is 9.59 Å². The highest BCUT2D eigenvalue weighted by Crippen LogP contribution is 2.28. The normalized spacial score (nSPS) is 13.9. The fourth-order valence-electron chi connectivity index (χ4n) is 3.43. The van der Waals surface area contributed by atoms with Crippen molar-refractivity contribution >= 4 is 17.5 Å². The van der Waals surface area contributed by atoms with Crippen molar-refractivity contribution in [1.82, 2.24) is 5.32 Å². The first-order valence-corrected chi connectivity index (χ1v) is 9.93. The Morgan fingerprint density at radius 2 is 1.79 bits per heavy atom. The molecule has 5 heteroatoms. The highest BCUT2D eigenvalue weighted by atomic mass is 16.5. The summed E-state index contributed by atoms with van der Waals surface area (Å²) in [5, 5.41) is 2.94. The van der Waals surface area contributed by atoms with E-state index in [0.29, 0.717) is 26.0 Å². The van der Waals surface area contributed by atoms with Crippen molar-refractivity contribution in [3.63, 3.8) is 0 Å². The number of para-hydroxylation sites is 2. The topological polar surface area (TPSA) is 58.6 Å². The van der Waals surface area contributed by atoms with Crippen LogP contribution in [0.1, 0.15) is 32.3 Å². The molecule has 3 rings (SSSR count). The van der Waals surface area contributed by atoms with Crippen molar-refractivity contribution < 1.29 is 14.3 Å². The molecule has 0 spiro atoms. The fourth-order valence-corrected chi connectivity index (χ4v) is 3.43. The van der Waals surface area contributed by atoms with Crippen LogP contribution in [0, 0.1) is 5.92 Å². The molecule has 1 N–H and O–H groups in total. The second kappa shape index (κ2) is 9.40. The first kappa shape index (κ1) is 19.9. The van der Waals surface area contributed by atoms with Gasteiger partial charge in [0.2, 0.25) is 11.8 Å². The Balaban J connectivity index is 1.51. The van der Waals surface area contributed by atoms with Crippen LogP contribution >= 0.6 is 0 Å². The van der Waals surface area contributed by atoms with E-state index in [1.165, 1.54) is 5.56 Å². The Bertz CT molecular complexity index is 805. The van der Waals surface area contributed by atoms with Crippen LogP contribution in [-0.4, -0.2) is 31.0 Å². The molecule has 0 unspecified atom stereocenters. The number of hydrogen-bond acceptors (Lipinski definition) is 3. The van der Waals surface area contributed by atoms with Gasteiger partial charge in [0.05, 0.1) is 6.61 Å². The third-order valence-electron chi connectivity index (χ3n) is 4.96. The van der Waals surface area contributed by atoms with Gasteiger partial charge < -0.3 is 15.0 Å². The second-order valence-corrected chi connectivity index (χ2v) is 7.42. The van der Waals surface area contributed by atoms with Crippen LogP contribution in [0.5, 0.6) is 5.75 Å². The first-order chi connectivity index (χ1) is 13.6. The number of carbonyl (C=O) groups excluding carboxylic acids is 2. The number of nitrogens with zero attached hydrogens (tertiary/aromatic N) is 1. The predicted molar refractivity (Wildman–Crippen MR) is 110 cm³/mol. The molecule has 5 nitrogen and oxygen atoms in total. The average molecular weight is 380 g/mol. The lowest BCUT2D eigenvalue weighted by Gasteiger charge is -2.27. The molecule has 0 radical (unpaired) electrons. The zero-order valence-corrected chi connectivity index (χ0v) is 16.6. The highest BCUT2D eigenvalue weighted by Gasteiger charge is 2.32. The van der Waals surface area contributed by atoms with Crippen LogP contribution in [0.25, 0.3) is 0 Å². The number of hydrogen-bond donors (Lipinski definition) is 1. The molecule has 28 heavy (non-hydrogen) atoms. The van der Waals surface area contributed by atoms with Gasteiger partial charge in [-0.05, 0) is 42.5 Å². The minimum Gasteiger partial charge on any atom is -0.494 e. The third kappa shape index (κ3) is 4.91. The lowest BCUT2D eigenvalue weighted by molar-refractivity contribution is -0.128. The van der Waals surface area contributed by atoms with Gasteiger partial charge in [-0.15, -0.1) is 0 Å². The van der Waals surface area contributed by atoms with E-state index in [1.807, 2.05) is 62.4 Å². The Kier molecular flexibility index (Phi) is 6.69. The van der Waals surface area contributed by atoms with Crippen molar-refractivity contribution in [2.24, 2.45) is 5.92 Å².